The summed E-state index contributed by atoms with van der Waals surface area (Å²) < 4.78 is 12.7. The van der Waals surface area contributed by atoms with E-state index < -0.39 is 0 Å². The molecule has 0 spiro atoms. The van der Waals surface area contributed by atoms with E-state index in [-0.39, 0.29) is 6.10 Å². The number of hydrogen-bond acceptors (Lipinski definition) is 4. The van der Waals surface area contributed by atoms with Crippen LogP contribution in [-0.4, -0.2) is 43.3 Å². The molecule has 110 valence electrons. The Morgan fingerprint density at radius 2 is 2.30 bits per heavy atom. The third-order valence-electron chi connectivity index (χ3n) is 4.10. The topological polar surface area (TPSA) is 47.7 Å². The molecular formula is C15H21BrN2O2. The number of nitrogens with two attached hydrogens (primary N) is 1. The average molecular weight is 341 g/mol. The van der Waals surface area contributed by atoms with Crippen LogP contribution in [0.25, 0.3) is 0 Å². The lowest BCUT2D eigenvalue weighted by molar-refractivity contribution is -0.0569. The fourth-order valence-electron chi connectivity index (χ4n) is 2.92. The van der Waals surface area contributed by atoms with Gasteiger partial charge in [-0.3, -0.25) is 4.90 Å². The SMILES string of the molecule is CC1COC(CN)CN1Cc1cc(Br)cc2c1OCC2. The third-order valence-corrected chi connectivity index (χ3v) is 4.55. The van der Waals surface area contributed by atoms with E-state index in [1.807, 2.05) is 0 Å². The summed E-state index contributed by atoms with van der Waals surface area (Å²) in [7, 11) is 0. The first-order valence-corrected chi connectivity index (χ1v) is 7.96. The zero-order valence-electron chi connectivity index (χ0n) is 11.8. The Hall–Kier alpha value is -0.620. The molecule has 0 bridgehead atoms. The van der Waals surface area contributed by atoms with Gasteiger partial charge in [0.2, 0.25) is 0 Å². The number of benzene rings is 1. The Morgan fingerprint density at radius 3 is 3.10 bits per heavy atom. The third kappa shape index (κ3) is 2.86. The molecule has 3 rings (SSSR count). The van der Waals surface area contributed by atoms with Gasteiger partial charge in [-0.2, -0.15) is 0 Å². The second-order valence-corrected chi connectivity index (χ2v) is 6.54. The molecule has 1 aromatic carbocycles. The molecule has 1 fully saturated rings. The standard InChI is InChI=1S/C15H21BrN2O2/c1-10-9-20-14(6-17)8-18(10)7-12-5-13(16)4-11-2-3-19-15(11)12/h4-5,10,14H,2-3,6-9,17H2,1H3. The number of hydrogen-bond donors (Lipinski definition) is 1. The summed E-state index contributed by atoms with van der Waals surface area (Å²) in [4.78, 5) is 2.44. The maximum Gasteiger partial charge on any atom is 0.127 e. The molecule has 1 saturated heterocycles. The molecule has 0 radical (unpaired) electrons. The van der Waals surface area contributed by atoms with Gasteiger partial charge in [0.25, 0.3) is 0 Å². The van der Waals surface area contributed by atoms with Crippen LogP contribution in [0.4, 0.5) is 0 Å². The average Bonchev–Trinajstić information content (AvgIpc) is 2.89. The van der Waals surface area contributed by atoms with Crippen molar-refractivity contribution in [1.29, 1.82) is 0 Å². The monoisotopic (exact) mass is 340 g/mol. The van der Waals surface area contributed by atoms with E-state index >= 15 is 0 Å². The molecule has 0 aliphatic carbocycles. The number of morpholine rings is 1. The highest BCUT2D eigenvalue weighted by molar-refractivity contribution is 9.10. The van der Waals surface area contributed by atoms with Crippen LogP contribution in [0.15, 0.2) is 16.6 Å². The van der Waals surface area contributed by atoms with E-state index in [4.69, 9.17) is 15.2 Å². The van der Waals surface area contributed by atoms with E-state index in [2.05, 4.69) is 39.9 Å². The smallest absolute Gasteiger partial charge is 0.127 e. The zero-order chi connectivity index (χ0) is 14.1. The van der Waals surface area contributed by atoms with Gasteiger partial charge in [0.1, 0.15) is 5.75 Å². The second kappa shape index (κ2) is 6.02. The summed E-state index contributed by atoms with van der Waals surface area (Å²) in [6.45, 7) is 6.10. The van der Waals surface area contributed by atoms with Gasteiger partial charge >= 0.3 is 0 Å². The van der Waals surface area contributed by atoms with Gasteiger partial charge in [0.05, 0.1) is 19.3 Å². The van der Waals surface area contributed by atoms with E-state index in [0.717, 1.165) is 42.9 Å². The van der Waals surface area contributed by atoms with Crippen molar-refractivity contribution in [2.24, 2.45) is 5.73 Å². The molecule has 2 aliphatic heterocycles. The fraction of sp³-hybridized carbons (Fsp3) is 0.600. The maximum absolute atomic E-state index is 5.81. The van der Waals surface area contributed by atoms with Crippen LogP contribution in [0.5, 0.6) is 5.75 Å². The highest BCUT2D eigenvalue weighted by atomic mass is 79.9. The van der Waals surface area contributed by atoms with Crippen molar-refractivity contribution in [1.82, 2.24) is 4.90 Å². The van der Waals surface area contributed by atoms with Crippen molar-refractivity contribution in [3.63, 3.8) is 0 Å². The molecule has 2 heterocycles. The van der Waals surface area contributed by atoms with Crippen molar-refractivity contribution in [3.05, 3.63) is 27.7 Å². The minimum Gasteiger partial charge on any atom is -0.493 e. The van der Waals surface area contributed by atoms with Crippen molar-refractivity contribution < 1.29 is 9.47 Å². The molecule has 5 heteroatoms. The molecule has 2 N–H and O–H groups in total. The van der Waals surface area contributed by atoms with Gasteiger partial charge in [-0.05, 0) is 24.6 Å². The molecule has 20 heavy (non-hydrogen) atoms. The zero-order valence-corrected chi connectivity index (χ0v) is 13.4. The lowest BCUT2D eigenvalue weighted by Gasteiger charge is -2.37. The fourth-order valence-corrected chi connectivity index (χ4v) is 3.47. The van der Waals surface area contributed by atoms with E-state index in [0.29, 0.717) is 12.6 Å². The summed E-state index contributed by atoms with van der Waals surface area (Å²) in [5.74, 6) is 1.08. The number of fused-ring (bicyclic) bond motifs is 1. The van der Waals surface area contributed by atoms with Gasteiger partial charge in [-0.1, -0.05) is 15.9 Å². The first-order chi connectivity index (χ1) is 9.67. The Balaban J connectivity index is 1.80. The Labute approximate surface area is 128 Å². The van der Waals surface area contributed by atoms with Gasteiger partial charge < -0.3 is 15.2 Å². The van der Waals surface area contributed by atoms with Crippen LogP contribution in [0.1, 0.15) is 18.1 Å². The Bertz CT molecular complexity index is 495. The largest absolute Gasteiger partial charge is 0.493 e. The predicted octanol–water partition coefficient (Wildman–Crippen LogP) is 1.93. The summed E-state index contributed by atoms with van der Waals surface area (Å²) in [5.41, 5.74) is 8.31. The number of halogens is 1. The molecule has 0 amide bonds. The maximum atomic E-state index is 5.81. The first kappa shape index (κ1) is 14.3. The minimum atomic E-state index is 0.146. The van der Waals surface area contributed by atoms with Crippen molar-refractivity contribution >= 4 is 15.9 Å². The van der Waals surface area contributed by atoms with E-state index in [1.165, 1.54) is 11.1 Å². The summed E-state index contributed by atoms with van der Waals surface area (Å²) in [6, 6.07) is 4.75. The minimum absolute atomic E-state index is 0.146. The summed E-state index contributed by atoms with van der Waals surface area (Å²) in [6.07, 6.45) is 1.15. The molecule has 0 aromatic heterocycles. The summed E-state index contributed by atoms with van der Waals surface area (Å²) >= 11 is 3.60. The van der Waals surface area contributed by atoms with Crippen LogP contribution in [0, 0.1) is 0 Å². The second-order valence-electron chi connectivity index (χ2n) is 5.62. The van der Waals surface area contributed by atoms with Gasteiger partial charge in [-0.15, -0.1) is 0 Å². The lowest BCUT2D eigenvalue weighted by Crippen LogP contribution is -2.50. The van der Waals surface area contributed by atoms with Crippen LogP contribution in [-0.2, 0) is 17.7 Å². The van der Waals surface area contributed by atoms with Crippen LogP contribution in [0.2, 0.25) is 0 Å². The highest BCUT2D eigenvalue weighted by Crippen LogP contribution is 2.34. The molecule has 2 unspecified atom stereocenters. The molecule has 4 nitrogen and oxygen atoms in total. The van der Waals surface area contributed by atoms with E-state index in [9.17, 15) is 0 Å². The van der Waals surface area contributed by atoms with Gasteiger partial charge in [0.15, 0.2) is 0 Å². The quantitative estimate of drug-likeness (QED) is 0.913. The highest BCUT2D eigenvalue weighted by Gasteiger charge is 2.27. The summed E-state index contributed by atoms with van der Waals surface area (Å²) in [5, 5.41) is 0. The molecule has 1 aromatic rings. The van der Waals surface area contributed by atoms with Gasteiger partial charge in [-0.25, -0.2) is 0 Å². The number of ether oxygens (including phenoxy) is 2. The Kier molecular flexibility index (Phi) is 4.31. The molecule has 0 saturated carbocycles. The van der Waals surface area contributed by atoms with Gasteiger partial charge in [0, 0.05) is 42.1 Å². The predicted molar refractivity (Wildman–Crippen MR) is 82.0 cm³/mol. The Morgan fingerprint density at radius 1 is 1.45 bits per heavy atom. The first-order valence-electron chi connectivity index (χ1n) is 7.17. The van der Waals surface area contributed by atoms with Crippen LogP contribution in [0.3, 0.4) is 0 Å². The number of nitrogens with zero attached hydrogens (tertiary/aromatic N) is 1. The van der Waals surface area contributed by atoms with Crippen molar-refractivity contribution in [2.75, 3.05) is 26.3 Å². The van der Waals surface area contributed by atoms with Crippen molar-refractivity contribution in [2.45, 2.75) is 32.0 Å². The van der Waals surface area contributed by atoms with Crippen LogP contribution >= 0.6 is 15.9 Å². The normalized spacial score (nSPS) is 26.4. The van der Waals surface area contributed by atoms with E-state index in [1.54, 1.807) is 0 Å². The molecule has 2 atom stereocenters. The molecule has 2 aliphatic rings. The lowest BCUT2D eigenvalue weighted by atomic mass is 10.1. The number of rotatable bonds is 3. The molecular weight excluding hydrogens is 320 g/mol. The van der Waals surface area contributed by atoms with Crippen molar-refractivity contribution in [3.8, 4) is 5.75 Å². The van der Waals surface area contributed by atoms with Crippen LogP contribution < -0.4 is 10.5 Å².